The van der Waals surface area contributed by atoms with Crippen LogP contribution >= 0.6 is 23.4 Å². The number of carbonyl (C=O) groups is 1. The number of tetrazole rings is 1. The van der Waals surface area contributed by atoms with Gasteiger partial charge < -0.3 is 5.32 Å². The monoisotopic (exact) mass is 387 g/mol. The Bertz CT molecular complexity index is 957. The third-order valence-electron chi connectivity index (χ3n) is 4.05. The Hall–Kier alpha value is -2.38. The molecule has 2 aromatic carbocycles. The first-order valence-corrected chi connectivity index (χ1v) is 9.36. The van der Waals surface area contributed by atoms with Gasteiger partial charge in [0, 0.05) is 10.7 Å². The van der Waals surface area contributed by atoms with Gasteiger partial charge >= 0.3 is 0 Å². The number of aryl methyl sites for hydroxylation is 2. The molecule has 0 aliphatic heterocycles. The van der Waals surface area contributed by atoms with E-state index in [0.717, 1.165) is 16.8 Å². The van der Waals surface area contributed by atoms with Crippen molar-refractivity contribution in [3.63, 3.8) is 0 Å². The summed E-state index contributed by atoms with van der Waals surface area (Å²) < 4.78 is 1.63. The van der Waals surface area contributed by atoms with Crippen molar-refractivity contribution in [3.8, 4) is 5.69 Å². The van der Waals surface area contributed by atoms with Gasteiger partial charge in [0.05, 0.1) is 11.4 Å². The summed E-state index contributed by atoms with van der Waals surface area (Å²) in [6, 6.07) is 11.4. The predicted octanol–water partition coefficient (Wildman–Crippen LogP) is 3.97. The van der Waals surface area contributed by atoms with Crippen LogP contribution in [-0.4, -0.2) is 31.9 Å². The Kier molecular flexibility index (Phi) is 5.58. The molecule has 0 saturated carbocycles. The van der Waals surface area contributed by atoms with E-state index in [0.29, 0.717) is 15.9 Å². The second kappa shape index (κ2) is 7.88. The molecule has 0 aliphatic rings. The van der Waals surface area contributed by atoms with Crippen molar-refractivity contribution in [3.05, 3.63) is 58.1 Å². The minimum atomic E-state index is -0.144. The Morgan fingerprint density at radius 3 is 2.77 bits per heavy atom. The van der Waals surface area contributed by atoms with Gasteiger partial charge in [0.15, 0.2) is 0 Å². The highest BCUT2D eigenvalue weighted by Gasteiger charge is 2.13. The van der Waals surface area contributed by atoms with Gasteiger partial charge in [-0.2, -0.15) is 4.68 Å². The summed E-state index contributed by atoms with van der Waals surface area (Å²) >= 11 is 7.36. The van der Waals surface area contributed by atoms with Crippen molar-refractivity contribution in [2.45, 2.75) is 25.9 Å². The lowest BCUT2D eigenvalue weighted by Gasteiger charge is -2.09. The molecular weight excluding hydrogens is 370 g/mol. The molecule has 0 fully saturated rings. The topological polar surface area (TPSA) is 72.7 Å². The molecule has 1 heterocycles. The van der Waals surface area contributed by atoms with Gasteiger partial charge in [-0.15, -0.1) is 5.10 Å². The molecule has 0 unspecified atom stereocenters. The van der Waals surface area contributed by atoms with Crippen LogP contribution in [0.1, 0.15) is 16.7 Å². The van der Waals surface area contributed by atoms with Gasteiger partial charge in [-0.25, -0.2) is 0 Å². The van der Waals surface area contributed by atoms with Crippen LogP contribution in [-0.2, 0) is 4.79 Å². The van der Waals surface area contributed by atoms with E-state index in [1.54, 1.807) is 16.8 Å². The minimum absolute atomic E-state index is 0.144. The van der Waals surface area contributed by atoms with Crippen LogP contribution in [0.3, 0.4) is 0 Å². The molecule has 134 valence electrons. The zero-order chi connectivity index (χ0) is 18.7. The number of amides is 1. The molecule has 3 aromatic rings. The lowest BCUT2D eigenvalue weighted by atomic mass is 10.1. The fraction of sp³-hybridized carbons (Fsp3) is 0.222. The summed E-state index contributed by atoms with van der Waals surface area (Å²) in [5.74, 6) is 0.0481. The first-order valence-electron chi connectivity index (χ1n) is 7.99. The molecule has 0 bridgehead atoms. The number of thioether (sulfide) groups is 1. The third kappa shape index (κ3) is 4.05. The highest BCUT2D eigenvalue weighted by molar-refractivity contribution is 7.99. The lowest BCUT2D eigenvalue weighted by molar-refractivity contribution is -0.113. The molecule has 8 heteroatoms. The van der Waals surface area contributed by atoms with Gasteiger partial charge in [-0.05, 0) is 72.2 Å². The van der Waals surface area contributed by atoms with E-state index in [9.17, 15) is 4.79 Å². The van der Waals surface area contributed by atoms with Crippen LogP contribution < -0.4 is 5.32 Å². The summed E-state index contributed by atoms with van der Waals surface area (Å²) in [6.07, 6.45) is 0. The van der Waals surface area contributed by atoms with Crippen LogP contribution in [0.4, 0.5) is 5.69 Å². The van der Waals surface area contributed by atoms with E-state index >= 15 is 0 Å². The number of halogens is 1. The summed E-state index contributed by atoms with van der Waals surface area (Å²) in [5.41, 5.74) is 4.77. The quantitative estimate of drug-likeness (QED) is 0.670. The number of nitrogens with zero attached hydrogens (tertiary/aromatic N) is 4. The molecule has 0 spiro atoms. The molecule has 0 atom stereocenters. The van der Waals surface area contributed by atoms with Gasteiger partial charge in [-0.1, -0.05) is 35.5 Å². The molecule has 1 amide bonds. The normalized spacial score (nSPS) is 10.8. The molecule has 1 N–H and O–H groups in total. The van der Waals surface area contributed by atoms with Crippen molar-refractivity contribution in [2.75, 3.05) is 11.1 Å². The third-order valence-corrected chi connectivity index (χ3v) is 5.38. The van der Waals surface area contributed by atoms with Gasteiger partial charge in [-0.3, -0.25) is 4.79 Å². The summed E-state index contributed by atoms with van der Waals surface area (Å²) in [7, 11) is 0. The molecule has 0 radical (unpaired) electrons. The van der Waals surface area contributed by atoms with Crippen LogP contribution in [0, 0.1) is 20.8 Å². The predicted molar refractivity (Wildman–Crippen MR) is 104 cm³/mol. The number of rotatable bonds is 5. The van der Waals surface area contributed by atoms with Crippen molar-refractivity contribution in [1.82, 2.24) is 20.2 Å². The first kappa shape index (κ1) is 18.4. The Morgan fingerprint density at radius 1 is 1.19 bits per heavy atom. The van der Waals surface area contributed by atoms with Gasteiger partial charge in [0.25, 0.3) is 0 Å². The van der Waals surface area contributed by atoms with E-state index in [-0.39, 0.29) is 11.7 Å². The van der Waals surface area contributed by atoms with Gasteiger partial charge in [0.2, 0.25) is 11.1 Å². The van der Waals surface area contributed by atoms with Crippen molar-refractivity contribution >= 4 is 35.0 Å². The maximum absolute atomic E-state index is 12.3. The number of anilines is 1. The molecule has 0 saturated heterocycles. The van der Waals surface area contributed by atoms with E-state index in [1.807, 2.05) is 38.1 Å². The largest absolute Gasteiger partial charge is 0.325 e. The second-order valence-electron chi connectivity index (χ2n) is 5.89. The van der Waals surface area contributed by atoms with Crippen LogP contribution in [0.5, 0.6) is 0 Å². The van der Waals surface area contributed by atoms with Crippen LogP contribution in [0.2, 0.25) is 5.02 Å². The van der Waals surface area contributed by atoms with Crippen molar-refractivity contribution in [2.24, 2.45) is 0 Å². The fourth-order valence-corrected chi connectivity index (χ4v) is 3.21. The maximum atomic E-state index is 12.3. The molecule has 1 aromatic heterocycles. The maximum Gasteiger partial charge on any atom is 0.234 e. The molecular formula is C18H18ClN5OS. The van der Waals surface area contributed by atoms with Crippen molar-refractivity contribution < 1.29 is 4.79 Å². The molecule has 0 aliphatic carbocycles. The second-order valence-corrected chi connectivity index (χ2v) is 7.24. The average molecular weight is 388 g/mol. The number of aromatic nitrogens is 4. The number of nitrogens with one attached hydrogen (secondary N) is 1. The Morgan fingerprint density at radius 2 is 2.00 bits per heavy atom. The molecule has 6 nitrogen and oxygen atoms in total. The van der Waals surface area contributed by atoms with Crippen LogP contribution in [0.15, 0.2) is 41.6 Å². The molecule has 26 heavy (non-hydrogen) atoms. The minimum Gasteiger partial charge on any atom is -0.325 e. The number of benzene rings is 2. The number of hydrogen-bond acceptors (Lipinski definition) is 5. The van der Waals surface area contributed by atoms with E-state index in [4.69, 9.17) is 11.6 Å². The lowest BCUT2D eigenvalue weighted by Crippen LogP contribution is -2.15. The number of carbonyl (C=O) groups excluding carboxylic acids is 1. The zero-order valence-corrected chi connectivity index (χ0v) is 16.2. The van der Waals surface area contributed by atoms with E-state index in [1.165, 1.54) is 17.3 Å². The zero-order valence-electron chi connectivity index (χ0n) is 14.7. The standard InChI is InChI=1S/C18H18ClN5OS/c1-11-7-8-14(9-12(11)2)24-18(21-22-23-24)26-10-17(25)20-16-6-4-5-15(19)13(16)3/h4-9H,10H2,1-3H3,(H,20,25). The average Bonchev–Trinajstić information content (AvgIpc) is 3.08. The Balaban J connectivity index is 1.69. The smallest absolute Gasteiger partial charge is 0.234 e. The summed E-state index contributed by atoms with van der Waals surface area (Å²) in [4.78, 5) is 12.3. The molecule has 3 rings (SSSR count). The summed E-state index contributed by atoms with van der Waals surface area (Å²) in [5, 5.41) is 15.8. The Labute approximate surface area is 160 Å². The highest BCUT2D eigenvalue weighted by atomic mass is 35.5. The highest BCUT2D eigenvalue weighted by Crippen LogP contribution is 2.24. The van der Waals surface area contributed by atoms with E-state index < -0.39 is 0 Å². The first-order chi connectivity index (χ1) is 12.5. The summed E-state index contributed by atoms with van der Waals surface area (Å²) in [6.45, 7) is 5.96. The van der Waals surface area contributed by atoms with Crippen molar-refractivity contribution in [1.29, 1.82) is 0 Å². The van der Waals surface area contributed by atoms with Crippen LogP contribution in [0.25, 0.3) is 5.69 Å². The fourth-order valence-electron chi connectivity index (χ4n) is 2.35. The van der Waals surface area contributed by atoms with E-state index in [2.05, 4.69) is 27.8 Å². The number of hydrogen-bond donors (Lipinski definition) is 1. The SMILES string of the molecule is Cc1ccc(-n2nnnc2SCC(=O)Nc2cccc(Cl)c2C)cc1C. The van der Waals surface area contributed by atoms with Gasteiger partial charge in [0.1, 0.15) is 0 Å².